The van der Waals surface area contributed by atoms with E-state index in [4.69, 9.17) is 5.73 Å². The minimum atomic E-state index is -4.50. The fourth-order valence-corrected chi connectivity index (χ4v) is 2.22. The van der Waals surface area contributed by atoms with Gasteiger partial charge < -0.3 is 5.73 Å². The number of rotatable bonds is 7. The van der Waals surface area contributed by atoms with Gasteiger partial charge in [-0.3, -0.25) is 0 Å². The minimum Gasteiger partial charge on any atom is -0.324 e. The average molecular weight is 291 g/mol. The van der Waals surface area contributed by atoms with Crippen LogP contribution in [0.25, 0.3) is 0 Å². The Morgan fingerprint density at radius 3 is 2.35 bits per heavy atom. The van der Waals surface area contributed by atoms with Gasteiger partial charge in [-0.2, -0.15) is 13.2 Å². The summed E-state index contributed by atoms with van der Waals surface area (Å²) in [6, 6.07) is 1.71. The Kier molecular flexibility index (Phi) is 6.46. The van der Waals surface area contributed by atoms with Crippen molar-refractivity contribution < 1.29 is 17.6 Å². The van der Waals surface area contributed by atoms with E-state index in [0.29, 0.717) is 6.42 Å². The molecular weight excluding hydrogens is 270 g/mol. The predicted octanol–water partition coefficient (Wildman–Crippen LogP) is 5.20. The molecular formula is C15H21F4N. The molecule has 1 nitrogen and oxygen atoms in total. The monoisotopic (exact) mass is 291 g/mol. The highest BCUT2D eigenvalue weighted by Crippen LogP contribution is 2.35. The summed E-state index contributed by atoms with van der Waals surface area (Å²) in [5.74, 6) is -0.686. The number of hydrogen-bond donors (Lipinski definition) is 1. The maximum Gasteiger partial charge on any atom is 0.416 e. The molecule has 0 heterocycles. The van der Waals surface area contributed by atoms with Crippen LogP contribution >= 0.6 is 0 Å². The Morgan fingerprint density at radius 2 is 1.75 bits per heavy atom. The van der Waals surface area contributed by atoms with Crippen molar-refractivity contribution in [2.24, 2.45) is 5.73 Å². The molecule has 0 aliphatic carbocycles. The summed E-state index contributed by atoms with van der Waals surface area (Å²) in [4.78, 5) is 0. The summed E-state index contributed by atoms with van der Waals surface area (Å²) in [5.41, 5.74) is 4.83. The molecule has 5 heteroatoms. The highest BCUT2D eigenvalue weighted by molar-refractivity contribution is 5.32. The van der Waals surface area contributed by atoms with Crippen molar-refractivity contribution in [2.75, 3.05) is 0 Å². The highest BCUT2D eigenvalue weighted by Gasteiger charge is 2.34. The van der Waals surface area contributed by atoms with E-state index in [1.165, 1.54) is 0 Å². The van der Waals surface area contributed by atoms with Crippen molar-refractivity contribution >= 4 is 0 Å². The maximum absolute atomic E-state index is 13.2. The first kappa shape index (κ1) is 17.0. The van der Waals surface area contributed by atoms with E-state index < -0.39 is 23.6 Å². The second-order valence-corrected chi connectivity index (χ2v) is 5.04. The first-order chi connectivity index (χ1) is 9.36. The Bertz CT molecular complexity index is 415. The normalized spacial score (nSPS) is 13.5. The first-order valence-electron chi connectivity index (χ1n) is 6.98. The summed E-state index contributed by atoms with van der Waals surface area (Å²) in [6.45, 7) is 2.09. The molecule has 1 aromatic rings. The highest BCUT2D eigenvalue weighted by atomic mass is 19.4. The zero-order valence-corrected chi connectivity index (χ0v) is 11.6. The van der Waals surface area contributed by atoms with Crippen LogP contribution in [0, 0.1) is 5.82 Å². The lowest BCUT2D eigenvalue weighted by molar-refractivity contribution is -0.138. The van der Waals surface area contributed by atoms with Gasteiger partial charge in [0.1, 0.15) is 5.82 Å². The lowest BCUT2D eigenvalue weighted by atomic mass is 9.95. The molecule has 0 saturated heterocycles. The number of benzene rings is 1. The van der Waals surface area contributed by atoms with E-state index in [0.717, 1.165) is 50.3 Å². The lowest BCUT2D eigenvalue weighted by Gasteiger charge is -2.18. The van der Waals surface area contributed by atoms with Crippen LogP contribution in [0.4, 0.5) is 17.6 Å². The van der Waals surface area contributed by atoms with Gasteiger partial charge in [0.05, 0.1) is 5.56 Å². The van der Waals surface area contributed by atoms with E-state index >= 15 is 0 Å². The number of nitrogens with two attached hydrogens (primary N) is 1. The summed E-state index contributed by atoms with van der Waals surface area (Å²) >= 11 is 0. The summed E-state index contributed by atoms with van der Waals surface area (Å²) in [6.07, 6.45) is 0.919. The fraction of sp³-hybridized carbons (Fsp3) is 0.600. The molecule has 0 amide bonds. The third-order valence-electron chi connectivity index (χ3n) is 3.34. The van der Waals surface area contributed by atoms with Crippen molar-refractivity contribution in [3.63, 3.8) is 0 Å². The van der Waals surface area contributed by atoms with Crippen LogP contribution in [-0.4, -0.2) is 0 Å². The van der Waals surface area contributed by atoms with Crippen LogP contribution < -0.4 is 5.73 Å². The summed E-state index contributed by atoms with van der Waals surface area (Å²) in [5, 5.41) is 0. The lowest BCUT2D eigenvalue weighted by Crippen LogP contribution is -2.18. The van der Waals surface area contributed by atoms with Crippen molar-refractivity contribution in [1.82, 2.24) is 0 Å². The van der Waals surface area contributed by atoms with E-state index in [1.54, 1.807) is 0 Å². The van der Waals surface area contributed by atoms with Crippen molar-refractivity contribution in [3.05, 3.63) is 35.1 Å². The molecule has 0 fully saturated rings. The van der Waals surface area contributed by atoms with Gasteiger partial charge in [-0.25, -0.2) is 4.39 Å². The van der Waals surface area contributed by atoms with Crippen LogP contribution in [0.5, 0.6) is 0 Å². The van der Waals surface area contributed by atoms with Crippen LogP contribution in [0.1, 0.15) is 62.6 Å². The SMILES string of the molecule is CCCCCCCC(N)c1cc(F)ccc1C(F)(F)F. The molecule has 0 aliphatic heterocycles. The zero-order chi connectivity index (χ0) is 15.2. The minimum absolute atomic E-state index is 0.145. The third-order valence-corrected chi connectivity index (χ3v) is 3.34. The van der Waals surface area contributed by atoms with E-state index in [1.807, 2.05) is 0 Å². The van der Waals surface area contributed by atoms with Gasteiger partial charge in [0.2, 0.25) is 0 Å². The van der Waals surface area contributed by atoms with E-state index in [-0.39, 0.29) is 5.56 Å². The van der Waals surface area contributed by atoms with Crippen molar-refractivity contribution in [2.45, 2.75) is 57.7 Å². The molecule has 1 atom stereocenters. The fourth-order valence-electron chi connectivity index (χ4n) is 2.22. The number of halogens is 4. The molecule has 1 unspecified atom stereocenters. The maximum atomic E-state index is 13.2. The number of hydrogen-bond acceptors (Lipinski definition) is 1. The van der Waals surface area contributed by atoms with Crippen molar-refractivity contribution in [1.29, 1.82) is 0 Å². The Labute approximate surface area is 117 Å². The van der Waals surface area contributed by atoms with Gasteiger partial charge >= 0.3 is 6.18 Å². The molecule has 0 aromatic heterocycles. The van der Waals surface area contributed by atoms with Crippen LogP contribution in [-0.2, 0) is 6.18 Å². The largest absolute Gasteiger partial charge is 0.416 e. The van der Waals surface area contributed by atoms with Gasteiger partial charge in [0.15, 0.2) is 0 Å². The predicted molar refractivity (Wildman–Crippen MR) is 71.7 cm³/mol. The molecule has 0 radical (unpaired) electrons. The molecule has 2 N–H and O–H groups in total. The van der Waals surface area contributed by atoms with Crippen LogP contribution in [0.15, 0.2) is 18.2 Å². The molecule has 0 aliphatic rings. The van der Waals surface area contributed by atoms with Crippen LogP contribution in [0.3, 0.4) is 0 Å². The molecule has 1 aromatic carbocycles. The average Bonchev–Trinajstić information content (AvgIpc) is 2.36. The third kappa shape index (κ3) is 5.12. The van der Waals surface area contributed by atoms with Gasteiger partial charge in [-0.15, -0.1) is 0 Å². The molecule has 20 heavy (non-hydrogen) atoms. The van der Waals surface area contributed by atoms with Gasteiger partial charge in [-0.1, -0.05) is 39.0 Å². The summed E-state index contributed by atoms with van der Waals surface area (Å²) in [7, 11) is 0. The van der Waals surface area contributed by atoms with E-state index in [9.17, 15) is 17.6 Å². The van der Waals surface area contributed by atoms with E-state index in [2.05, 4.69) is 6.92 Å². The zero-order valence-electron chi connectivity index (χ0n) is 11.6. The summed E-state index contributed by atoms with van der Waals surface area (Å²) < 4.78 is 51.7. The standard InChI is InChI=1S/C15H21F4N/c1-2-3-4-5-6-7-14(20)12-10-11(16)8-9-13(12)15(17,18)19/h8-10,14H,2-7,20H2,1H3. The Hall–Kier alpha value is -1.10. The van der Waals surface area contributed by atoms with Crippen molar-refractivity contribution in [3.8, 4) is 0 Å². The second-order valence-electron chi connectivity index (χ2n) is 5.04. The Morgan fingerprint density at radius 1 is 1.10 bits per heavy atom. The molecule has 0 saturated carbocycles. The van der Waals surface area contributed by atoms with Gasteiger partial charge in [0, 0.05) is 6.04 Å². The quantitative estimate of drug-likeness (QED) is 0.542. The van der Waals surface area contributed by atoms with Gasteiger partial charge in [-0.05, 0) is 30.2 Å². The Balaban J connectivity index is 2.71. The topological polar surface area (TPSA) is 26.0 Å². The van der Waals surface area contributed by atoms with Crippen LogP contribution in [0.2, 0.25) is 0 Å². The molecule has 1 rings (SSSR count). The second kappa shape index (κ2) is 7.62. The molecule has 114 valence electrons. The van der Waals surface area contributed by atoms with Gasteiger partial charge in [0.25, 0.3) is 0 Å². The molecule has 0 spiro atoms. The molecule has 0 bridgehead atoms. The first-order valence-corrected chi connectivity index (χ1v) is 6.98. The number of unbranched alkanes of at least 4 members (excludes halogenated alkanes) is 4. The number of alkyl halides is 3. The smallest absolute Gasteiger partial charge is 0.324 e.